The van der Waals surface area contributed by atoms with E-state index in [1.54, 1.807) is 18.7 Å². The molecule has 1 amide bonds. The van der Waals surface area contributed by atoms with Gasteiger partial charge in [-0.2, -0.15) is 0 Å². The number of aromatic nitrogens is 1. The maximum Gasteiger partial charge on any atom is 0.270 e. The number of carbonyl (C=O) groups excluding carboxylic acids is 2. The second-order valence-electron chi connectivity index (χ2n) is 6.16. The molecule has 1 fully saturated rings. The SMILES string of the molecule is CC(=O)c1c(C)[nH]c(C(=O)N2CCCC(NS(C)(=O)=O)C2)c1C. The molecule has 0 spiro atoms. The van der Waals surface area contributed by atoms with Crippen LogP contribution in [0.5, 0.6) is 0 Å². The first kappa shape index (κ1) is 17.7. The molecule has 1 unspecified atom stereocenters. The first-order valence-corrected chi connectivity index (χ1v) is 9.46. The van der Waals surface area contributed by atoms with Crippen LogP contribution >= 0.6 is 0 Å². The maximum atomic E-state index is 12.7. The summed E-state index contributed by atoms with van der Waals surface area (Å²) in [7, 11) is -3.30. The number of H-pyrrole nitrogens is 1. The van der Waals surface area contributed by atoms with Gasteiger partial charge in [0.25, 0.3) is 5.91 Å². The Labute approximate surface area is 136 Å². The molecule has 2 N–H and O–H groups in total. The van der Waals surface area contributed by atoms with Gasteiger partial charge in [-0.05, 0) is 39.2 Å². The van der Waals surface area contributed by atoms with Gasteiger partial charge in [-0.1, -0.05) is 0 Å². The predicted octanol–water partition coefficient (Wildman–Crippen LogP) is 0.988. The Bertz CT molecular complexity index is 736. The normalized spacial score (nSPS) is 19.0. The zero-order valence-electron chi connectivity index (χ0n) is 13.9. The first-order chi connectivity index (χ1) is 10.6. The highest BCUT2D eigenvalue weighted by atomic mass is 32.2. The van der Waals surface area contributed by atoms with Crippen LogP contribution in [0.25, 0.3) is 0 Å². The molecule has 2 rings (SSSR count). The quantitative estimate of drug-likeness (QED) is 0.798. The number of aryl methyl sites for hydroxylation is 1. The van der Waals surface area contributed by atoms with Crippen molar-refractivity contribution >= 4 is 21.7 Å². The molecular weight excluding hydrogens is 318 g/mol. The van der Waals surface area contributed by atoms with E-state index in [4.69, 9.17) is 0 Å². The number of sulfonamides is 1. The third kappa shape index (κ3) is 4.00. The van der Waals surface area contributed by atoms with E-state index in [-0.39, 0.29) is 17.7 Å². The maximum absolute atomic E-state index is 12.7. The van der Waals surface area contributed by atoms with Crippen molar-refractivity contribution in [2.24, 2.45) is 0 Å². The van der Waals surface area contributed by atoms with Crippen molar-refractivity contribution in [3.8, 4) is 0 Å². The van der Waals surface area contributed by atoms with Crippen LogP contribution in [0.4, 0.5) is 0 Å². The topological polar surface area (TPSA) is 99.3 Å². The molecule has 0 aromatic carbocycles. The van der Waals surface area contributed by atoms with E-state index < -0.39 is 10.0 Å². The van der Waals surface area contributed by atoms with Gasteiger partial charge < -0.3 is 9.88 Å². The van der Waals surface area contributed by atoms with Crippen molar-refractivity contribution in [2.45, 2.75) is 39.7 Å². The fraction of sp³-hybridized carbons (Fsp3) is 0.600. The molecule has 7 nitrogen and oxygen atoms in total. The number of ketones is 1. The zero-order valence-corrected chi connectivity index (χ0v) is 14.7. The number of piperidine rings is 1. The van der Waals surface area contributed by atoms with E-state index in [1.165, 1.54) is 6.92 Å². The molecule has 0 saturated carbocycles. The minimum atomic E-state index is -3.30. The fourth-order valence-electron chi connectivity index (χ4n) is 3.21. The molecule has 1 atom stereocenters. The molecule has 0 aliphatic carbocycles. The number of likely N-dealkylation sites (tertiary alicyclic amines) is 1. The van der Waals surface area contributed by atoms with E-state index in [0.717, 1.165) is 12.7 Å². The lowest BCUT2D eigenvalue weighted by molar-refractivity contribution is 0.0697. The van der Waals surface area contributed by atoms with Crippen molar-refractivity contribution in [3.05, 3.63) is 22.5 Å². The van der Waals surface area contributed by atoms with Crippen molar-refractivity contribution < 1.29 is 18.0 Å². The molecule has 1 aliphatic heterocycles. The Kier molecular flexibility index (Phi) is 4.95. The van der Waals surface area contributed by atoms with Gasteiger partial charge in [-0.15, -0.1) is 0 Å². The monoisotopic (exact) mass is 341 g/mol. The van der Waals surface area contributed by atoms with Crippen LogP contribution in [0.3, 0.4) is 0 Å². The summed E-state index contributed by atoms with van der Waals surface area (Å²) >= 11 is 0. The van der Waals surface area contributed by atoms with E-state index >= 15 is 0 Å². The van der Waals surface area contributed by atoms with Crippen molar-refractivity contribution in [3.63, 3.8) is 0 Å². The minimum Gasteiger partial charge on any atom is -0.354 e. The molecule has 1 saturated heterocycles. The highest BCUT2D eigenvalue weighted by Gasteiger charge is 2.29. The van der Waals surface area contributed by atoms with Gasteiger partial charge in [0.2, 0.25) is 10.0 Å². The van der Waals surface area contributed by atoms with Crippen LogP contribution in [0, 0.1) is 13.8 Å². The smallest absolute Gasteiger partial charge is 0.270 e. The third-order valence-corrected chi connectivity index (χ3v) is 4.85. The molecule has 23 heavy (non-hydrogen) atoms. The summed E-state index contributed by atoms with van der Waals surface area (Å²) in [6, 6.07) is -0.272. The second kappa shape index (κ2) is 6.45. The highest BCUT2D eigenvalue weighted by Crippen LogP contribution is 2.21. The lowest BCUT2D eigenvalue weighted by Gasteiger charge is -2.32. The van der Waals surface area contributed by atoms with Crippen LogP contribution < -0.4 is 4.72 Å². The Morgan fingerprint density at radius 1 is 1.30 bits per heavy atom. The number of Topliss-reactive ketones (excluding diaryl/α,β-unsaturated/α-hetero) is 1. The fourth-order valence-corrected chi connectivity index (χ4v) is 4.01. The van der Waals surface area contributed by atoms with Gasteiger partial charge in [0.05, 0.1) is 6.26 Å². The summed E-state index contributed by atoms with van der Waals surface area (Å²) in [6.07, 6.45) is 2.56. The molecule has 1 aromatic rings. The summed E-state index contributed by atoms with van der Waals surface area (Å²) in [5, 5.41) is 0. The number of nitrogens with one attached hydrogen (secondary N) is 2. The Hall–Kier alpha value is -1.67. The molecule has 8 heteroatoms. The number of nitrogens with zero attached hydrogens (tertiary/aromatic N) is 1. The number of hydrogen-bond acceptors (Lipinski definition) is 4. The van der Waals surface area contributed by atoms with E-state index in [2.05, 4.69) is 9.71 Å². The zero-order chi connectivity index (χ0) is 17.4. The van der Waals surface area contributed by atoms with Crippen molar-refractivity contribution in [2.75, 3.05) is 19.3 Å². The molecular formula is C15H23N3O4S. The van der Waals surface area contributed by atoms with Crippen LogP contribution in [-0.2, 0) is 10.0 Å². The standard InChI is InChI=1S/C15H23N3O4S/c1-9-13(11(3)19)10(2)16-14(9)15(20)18-7-5-6-12(8-18)17-23(4,21)22/h12,16-17H,5-8H2,1-4H3. The van der Waals surface area contributed by atoms with Gasteiger partial charge in [-0.25, -0.2) is 13.1 Å². The van der Waals surface area contributed by atoms with Crippen LogP contribution in [0.2, 0.25) is 0 Å². The largest absolute Gasteiger partial charge is 0.354 e. The van der Waals surface area contributed by atoms with E-state index in [9.17, 15) is 18.0 Å². The number of carbonyl (C=O) groups is 2. The Morgan fingerprint density at radius 3 is 2.48 bits per heavy atom. The number of amides is 1. The van der Waals surface area contributed by atoms with E-state index in [0.29, 0.717) is 42.0 Å². The van der Waals surface area contributed by atoms with Crippen LogP contribution in [-0.4, -0.2) is 55.4 Å². The second-order valence-corrected chi connectivity index (χ2v) is 7.94. The summed E-state index contributed by atoms with van der Waals surface area (Å²) < 4.78 is 25.3. The molecule has 1 aliphatic rings. The minimum absolute atomic E-state index is 0.0782. The number of hydrogen-bond donors (Lipinski definition) is 2. The number of rotatable bonds is 4. The lowest BCUT2D eigenvalue weighted by atomic mass is 10.0. The van der Waals surface area contributed by atoms with Crippen molar-refractivity contribution in [1.29, 1.82) is 0 Å². The lowest BCUT2D eigenvalue weighted by Crippen LogP contribution is -2.49. The van der Waals surface area contributed by atoms with Crippen LogP contribution in [0.15, 0.2) is 0 Å². The molecule has 1 aromatic heterocycles. The van der Waals surface area contributed by atoms with Gasteiger partial charge in [0.15, 0.2) is 5.78 Å². The first-order valence-electron chi connectivity index (χ1n) is 7.57. The summed E-state index contributed by atoms with van der Waals surface area (Å²) in [6.45, 7) is 5.91. The average molecular weight is 341 g/mol. The molecule has 2 heterocycles. The van der Waals surface area contributed by atoms with Crippen molar-refractivity contribution in [1.82, 2.24) is 14.6 Å². The molecule has 0 radical (unpaired) electrons. The third-order valence-electron chi connectivity index (χ3n) is 4.09. The van der Waals surface area contributed by atoms with Gasteiger partial charge in [0, 0.05) is 30.4 Å². The Balaban J connectivity index is 2.20. The predicted molar refractivity (Wildman–Crippen MR) is 87.2 cm³/mol. The van der Waals surface area contributed by atoms with Crippen LogP contribution in [0.1, 0.15) is 51.9 Å². The average Bonchev–Trinajstić information content (AvgIpc) is 2.71. The Morgan fingerprint density at radius 2 is 1.96 bits per heavy atom. The molecule has 0 bridgehead atoms. The number of aromatic amines is 1. The van der Waals surface area contributed by atoms with E-state index in [1.807, 2.05) is 0 Å². The summed E-state index contributed by atoms with van der Waals surface area (Å²) in [4.78, 5) is 29.0. The van der Waals surface area contributed by atoms with Gasteiger partial charge >= 0.3 is 0 Å². The van der Waals surface area contributed by atoms with Gasteiger partial charge in [0.1, 0.15) is 5.69 Å². The van der Waals surface area contributed by atoms with Gasteiger partial charge in [-0.3, -0.25) is 9.59 Å². The highest BCUT2D eigenvalue weighted by molar-refractivity contribution is 7.88. The molecule has 128 valence electrons. The summed E-state index contributed by atoms with van der Waals surface area (Å²) in [5.41, 5.74) is 2.29. The summed E-state index contributed by atoms with van der Waals surface area (Å²) in [5.74, 6) is -0.274.